The van der Waals surface area contributed by atoms with Crippen LogP contribution >= 0.6 is 0 Å². The fourth-order valence-corrected chi connectivity index (χ4v) is 5.28. The second kappa shape index (κ2) is 4.82. The van der Waals surface area contributed by atoms with Gasteiger partial charge in [0.1, 0.15) is 5.82 Å². The molecular formula is C18H22FNO. The molecule has 3 saturated carbocycles. The summed E-state index contributed by atoms with van der Waals surface area (Å²) in [6.07, 6.45) is 6.45. The van der Waals surface area contributed by atoms with E-state index in [1.807, 2.05) is 6.92 Å². The summed E-state index contributed by atoms with van der Waals surface area (Å²) < 4.78 is 13.9. The van der Waals surface area contributed by atoms with Crippen LogP contribution in [0, 0.1) is 36.4 Å². The second-order valence-electron chi connectivity index (χ2n) is 7.22. The maximum atomic E-state index is 13.9. The van der Waals surface area contributed by atoms with E-state index in [0.717, 1.165) is 29.7 Å². The average molecular weight is 287 g/mol. The molecule has 2 nitrogen and oxygen atoms in total. The van der Waals surface area contributed by atoms with Gasteiger partial charge in [-0.2, -0.15) is 0 Å². The lowest BCUT2D eigenvalue weighted by molar-refractivity contribution is 0.0897. The van der Waals surface area contributed by atoms with E-state index in [-0.39, 0.29) is 17.5 Å². The first-order chi connectivity index (χ1) is 10.1. The van der Waals surface area contributed by atoms with Gasteiger partial charge in [0.05, 0.1) is 5.56 Å². The summed E-state index contributed by atoms with van der Waals surface area (Å²) in [7, 11) is 0. The number of benzene rings is 1. The summed E-state index contributed by atoms with van der Waals surface area (Å²) in [6.45, 7) is 1.83. The zero-order valence-electron chi connectivity index (χ0n) is 12.4. The molecule has 5 atom stereocenters. The number of hydrogen-bond donors (Lipinski definition) is 1. The van der Waals surface area contributed by atoms with Gasteiger partial charge in [-0.1, -0.05) is 12.5 Å². The number of hydrogen-bond acceptors (Lipinski definition) is 1. The van der Waals surface area contributed by atoms with Crippen molar-refractivity contribution in [1.29, 1.82) is 0 Å². The van der Waals surface area contributed by atoms with Gasteiger partial charge in [0.2, 0.25) is 0 Å². The van der Waals surface area contributed by atoms with Crippen LogP contribution in [0.3, 0.4) is 0 Å². The fraction of sp³-hybridized carbons (Fsp3) is 0.611. The first-order valence-electron chi connectivity index (χ1n) is 8.20. The van der Waals surface area contributed by atoms with Crippen LogP contribution in [0.15, 0.2) is 18.2 Å². The van der Waals surface area contributed by atoms with Crippen LogP contribution in [0.1, 0.15) is 48.0 Å². The quantitative estimate of drug-likeness (QED) is 0.883. The van der Waals surface area contributed by atoms with Gasteiger partial charge in [0.25, 0.3) is 5.91 Å². The van der Waals surface area contributed by atoms with Crippen LogP contribution in [-0.2, 0) is 0 Å². The van der Waals surface area contributed by atoms with Crippen molar-refractivity contribution in [2.24, 2.45) is 23.7 Å². The van der Waals surface area contributed by atoms with Crippen LogP contribution < -0.4 is 5.32 Å². The molecule has 3 heteroatoms. The third-order valence-electron chi connectivity index (χ3n) is 6.11. The minimum Gasteiger partial charge on any atom is -0.349 e. The van der Waals surface area contributed by atoms with Gasteiger partial charge in [0, 0.05) is 6.04 Å². The number of amides is 1. The number of carbonyl (C=O) groups excluding carboxylic acids is 1. The van der Waals surface area contributed by atoms with E-state index in [0.29, 0.717) is 5.92 Å². The van der Waals surface area contributed by atoms with E-state index in [9.17, 15) is 9.18 Å². The minimum atomic E-state index is -0.408. The Balaban J connectivity index is 1.48. The Hall–Kier alpha value is -1.38. The van der Waals surface area contributed by atoms with Crippen LogP contribution in [0.5, 0.6) is 0 Å². The smallest absolute Gasteiger partial charge is 0.254 e. The third-order valence-corrected chi connectivity index (χ3v) is 6.11. The lowest BCUT2D eigenvalue weighted by atomic mass is 9.79. The highest BCUT2D eigenvalue weighted by Crippen LogP contribution is 2.58. The number of halogens is 1. The van der Waals surface area contributed by atoms with E-state index >= 15 is 0 Å². The predicted molar refractivity (Wildman–Crippen MR) is 79.4 cm³/mol. The lowest BCUT2D eigenvalue weighted by Crippen LogP contribution is -2.42. The molecule has 1 amide bonds. The molecule has 1 aromatic rings. The van der Waals surface area contributed by atoms with E-state index < -0.39 is 5.82 Å². The van der Waals surface area contributed by atoms with Crippen molar-refractivity contribution >= 4 is 5.91 Å². The largest absolute Gasteiger partial charge is 0.349 e. The van der Waals surface area contributed by atoms with E-state index in [1.54, 1.807) is 12.1 Å². The molecule has 0 spiro atoms. The highest BCUT2D eigenvalue weighted by Gasteiger charge is 2.54. The average Bonchev–Trinajstić information content (AvgIpc) is 3.09. The molecular weight excluding hydrogens is 265 g/mol. The summed E-state index contributed by atoms with van der Waals surface area (Å²) in [6, 6.07) is 5.10. The molecule has 3 aliphatic carbocycles. The molecule has 112 valence electrons. The van der Waals surface area contributed by atoms with Gasteiger partial charge in [-0.05, 0) is 74.0 Å². The molecule has 0 saturated heterocycles. The molecule has 0 aliphatic heterocycles. The van der Waals surface area contributed by atoms with Crippen molar-refractivity contribution in [3.05, 3.63) is 35.1 Å². The normalized spacial score (nSPS) is 36.8. The summed E-state index contributed by atoms with van der Waals surface area (Å²) in [5.41, 5.74) is 1.03. The molecule has 0 heterocycles. The Labute approximate surface area is 125 Å². The minimum absolute atomic E-state index is 0.186. The fourth-order valence-electron chi connectivity index (χ4n) is 5.28. The maximum Gasteiger partial charge on any atom is 0.254 e. The Morgan fingerprint density at radius 1 is 1.19 bits per heavy atom. The van der Waals surface area contributed by atoms with Crippen molar-refractivity contribution in [1.82, 2.24) is 5.32 Å². The summed E-state index contributed by atoms with van der Waals surface area (Å²) in [4.78, 5) is 12.4. The van der Waals surface area contributed by atoms with Crippen LogP contribution in [-0.4, -0.2) is 11.9 Å². The maximum absolute atomic E-state index is 13.9. The Bertz CT molecular complexity index is 585. The van der Waals surface area contributed by atoms with Crippen LogP contribution in [0.25, 0.3) is 0 Å². The van der Waals surface area contributed by atoms with Gasteiger partial charge in [-0.3, -0.25) is 4.79 Å². The Morgan fingerprint density at radius 2 is 2.00 bits per heavy atom. The van der Waals surface area contributed by atoms with Crippen molar-refractivity contribution in [3.8, 4) is 0 Å². The molecule has 0 radical (unpaired) electrons. The Kier molecular flexibility index (Phi) is 3.05. The molecule has 4 rings (SSSR count). The molecule has 3 fully saturated rings. The molecule has 5 unspecified atom stereocenters. The van der Waals surface area contributed by atoms with Crippen molar-refractivity contribution in [3.63, 3.8) is 0 Å². The van der Waals surface area contributed by atoms with Crippen LogP contribution in [0.2, 0.25) is 0 Å². The first-order valence-corrected chi connectivity index (χ1v) is 8.20. The van der Waals surface area contributed by atoms with Crippen LogP contribution in [0.4, 0.5) is 4.39 Å². The van der Waals surface area contributed by atoms with Gasteiger partial charge in [0.15, 0.2) is 0 Å². The molecule has 1 N–H and O–H groups in total. The van der Waals surface area contributed by atoms with Gasteiger partial charge >= 0.3 is 0 Å². The van der Waals surface area contributed by atoms with Gasteiger partial charge in [-0.25, -0.2) is 4.39 Å². The number of rotatable bonds is 2. The highest BCUT2D eigenvalue weighted by molar-refractivity contribution is 5.94. The number of nitrogens with one attached hydrogen (secondary N) is 1. The number of aryl methyl sites for hydroxylation is 1. The lowest BCUT2D eigenvalue weighted by Gasteiger charge is -2.32. The predicted octanol–water partition coefficient (Wildman–Crippen LogP) is 3.69. The van der Waals surface area contributed by atoms with Crippen molar-refractivity contribution in [2.75, 3.05) is 0 Å². The van der Waals surface area contributed by atoms with E-state index in [4.69, 9.17) is 0 Å². The zero-order chi connectivity index (χ0) is 14.6. The molecule has 2 bridgehead atoms. The number of carbonyl (C=O) groups is 1. The number of fused-ring (bicyclic) bond motifs is 5. The summed E-state index contributed by atoms with van der Waals surface area (Å²) >= 11 is 0. The third kappa shape index (κ3) is 2.09. The van der Waals surface area contributed by atoms with Gasteiger partial charge in [-0.15, -0.1) is 0 Å². The molecule has 21 heavy (non-hydrogen) atoms. The van der Waals surface area contributed by atoms with E-state index in [2.05, 4.69) is 5.32 Å². The standard InChI is InChI=1S/C18H22FNO/c1-10-5-6-14(16(19)7-10)18(21)20-17-9-11-8-15(17)13-4-2-3-12(11)13/h5-7,11-13,15,17H,2-4,8-9H2,1H3,(H,20,21). The highest BCUT2D eigenvalue weighted by atomic mass is 19.1. The SMILES string of the molecule is Cc1ccc(C(=O)NC2CC3CC2C2CCCC32)c(F)c1. The monoisotopic (exact) mass is 287 g/mol. The second-order valence-corrected chi connectivity index (χ2v) is 7.22. The Morgan fingerprint density at radius 3 is 2.81 bits per heavy atom. The topological polar surface area (TPSA) is 29.1 Å². The van der Waals surface area contributed by atoms with E-state index in [1.165, 1.54) is 31.7 Å². The summed E-state index contributed by atoms with van der Waals surface area (Å²) in [5, 5.41) is 3.12. The first kappa shape index (κ1) is 13.3. The van der Waals surface area contributed by atoms with Crippen molar-refractivity contribution < 1.29 is 9.18 Å². The molecule has 3 aliphatic rings. The van der Waals surface area contributed by atoms with Gasteiger partial charge < -0.3 is 5.32 Å². The van der Waals surface area contributed by atoms with Crippen molar-refractivity contribution in [2.45, 2.75) is 45.1 Å². The molecule has 0 aromatic heterocycles. The summed E-state index contributed by atoms with van der Waals surface area (Å²) in [5.74, 6) is 2.53. The zero-order valence-corrected chi connectivity index (χ0v) is 12.4. The molecule has 1 aromatic carbocycles.